The zero-order chi connectivity index (χ0) is 21.8. The maximum Gasteiger partial charge on any atom is 0.407 e. The fraction of sp³-hybridized carbons (Fsp3) is 0.368. The van der Waals surface area contributed by atoms with Crippen molar-refractivity contribution in [1.29, 1.82) is 0 Å². The van der Waals surface area contributed by atoms with Crippen molar-refractivity contribution in [3.05, 3.63) is 46.1 Å². The second-order valence-corrected chi connectivity index (χ2v) is 7.67. The van der Waals surface area contributed by atoms with Crippen molar-refractivity contribution < 1.29 is 18.7 Å². The number of rotatable bonds is 6. The third-order valence-electron chi connectivity index (χ3n) is 3.55. The lowest BCUT2D eigenvalue weighted by molar-refractivity contribution is 0.0528. The summed E-state index contributed by atoms with van der Waals surface area (Å²) >= 11 is 5.97. The lowest BCUT2D eigenvalue weighted by atomic mass is 10.1. The standard InChI is InChI=1S/C19H23ClFN5O3/c1-10-15(20)26-17(14(24-10)16(22)27)25-13-8-11(7-12(21)9-13)5-6-23-18(28)29-19(2,3)4/h7-9H,5-6H2,1-4H3,(H2,22,27)(H,23,28)(H,25,26). The van der Waals surface area contributed by atoms with Gasteiger partial charge in [0.05, 0.1) is 5.69 Å². The number of carbonyl (C=O) groups excluding carboxylic acids is 2. The Labute approximate surface area is 173 Å². The number of alkyl carbamates (subject to hydrolysis) is 1. The molecule has 0 saturated carbocycles. The van der Waals surface area contributed by atoms with Gasteiger partial charge in [0.1, 0.15) is 11.4 Å². The summed E-state index contributed by atoms with van der Waals surface area (Å²) in [5, 5.41) is 5.52. The number of halogens is 2. The minimum absolute atomic E-state index is 0.0246. The van der Waals surface area contributed by atoms with E-state index in [-0.39, 0.29) is 23.2 Å². The molecule has 0 aliphatic carbocycles. The summed E-state index contributed by atoms with van der Waals surface area (Å²) in [4.78, 5) is 31.4. The quantitative estimate of drug-likeness (QED) is 0.654. The number of hydrogen-bond acceptors (Lipinski definition) is 6. The second kappa shape index (κ2) is 9.04. The molecule has 0 aliphatic rings. The molecule has 0 spiro atoms. The smallest absolute Gasteiger partial charge is 0.407 e. The van der Waals surface area contributed by atoms with Gasteiger partial charge in [0, 0.05) is 12.2 Å². The van der Waals surface area contributed by atoms with Gasteiger partial charge < -0.3 is 21.1 Å². The number of primary amides is 1. The number of aromatic nitrogens is 2. The van der Waals surface area contributed by atoms with E-state index in [2.05, 4.69) is 20.6 Å². The highest BCUT2D eigenvalue weighted by Gasteiger charge is 2.17. The molecular formula is C19H23ClFN5O3. The van der Waals surface area contributed by atoms with Gasteiger partial charge in [0.15, 0.2) is 16.7 Å². The monoisotopic (exact) mass is 423 g/mol. The van der Waals surface area contributed by atoms with Gasteiger partial charge in [0.25, 0.3) is 5.91 Å². The molecule has 0 aliphatic heterocycles. The Morgan fingerprint density at radius 2 is 1.93 bits per heavy atom. The molecule has 2 amide bonds. The molecular weight excluding hydrogens is 401 g/mol. The van der Waals surface area contributed by atoms with E-state index in [1.165, 1.54) is 12.1 Å². The molecule has 156 valence electrons. The van der Waals surface area contributed by atoms with Gasteiger partial charge in [0.2, 0.25) is 0 Å². The number of nitrogens with zero attached hydrogens (tertiary/aromatic N) is 2. The Hall–Kier alpha value is -2.94. The van der Waals surface area contributed by atoms with Crippen molar-refractivity contribution in [2.45, 2.75) is 39.7 Å². The van der Waals surface area contributed by atoms with Gasteiger partial charge in [-0.05, 0) is 57.9 Å². The molecule has 8 nitrogen and oxygen atoms in total. The topological polar surface area (TPSA) is 119 Å². The normalized spacial score (nSPS) is 11.1. The fourth-order valence-electron chi connectivity index (χ4n) is 2.38. The van der Waals surface area contributed by atoms with Crippen LogP contribution in [0.15, 0.2) is 18.2 Å². The average Bonchev–Trinajstić information content (AvgIpc) is 2.55. The summed E-state index contributed by atoms with van der Waals surface area (Å²) in [5.74, 6) is -1.27. The molecule has 0 bridgehead atoms. The van der Waals surface area contributed by atoms with Crippen molar-refractivity contribution >= 4 is 35.1 Å². The largest absolute Gasteiger partial charge is 0.444 e. The van der Waals surface area contributed by atoms with Gasteiger partial charge in [-0.15, -0.1) is 0 Å². The number of ether oxygens (including phenoxy) is 1. The summed E-state index contributed by atoms with van der Waals surface area (Å²) < 4.78 is 19.2. The summed E-state index contributed by atoms with van der Waals surface area (Å²) in [6.45, 7) is 7.12. The van der Waals surface area contributed by atoms with Crippen molar-refractivity contribution in [2.24, 2.45) is 5.73 Å². The van der Waals surface area contributed by atoms with Gasteiger partial charge in [-0.25, -0.2) is 19.2 Å². The third-order valence-corrected chi connectivity index (χ3v) is 3.91. The lowest BCUT2D eigenvalue weighted by Gasteiger charge is -2.19. The fourth-order valence-corrected chi connectivity index (χ4v) is 2.51. The van der Waals surface area contributed by atoms with E-state index < -0.39 is 23.4 Å². The van der Waals surface area contributed by atoms with Gasteiger partial charge in [-0.1, -0.05) is 11.6 Å². The predicted octanol–water partition coefficient (Wildman–Crippen LogP) is 3.49. The Balaban J connectivity index is 2.13. The number of carbonyl (C=O) groups is 2. The van der Waals surface area contributed by atoms with Crippen LogP contribution in [0, 0.1) is 12.7 Å². The minimum atomic E-state index is -0.794. The van der Waals surface area contributed by atoms with E-state index in [0.717, 1.165) is 0 Å². The van der Waals surface area contributed by atoms with Crippen molar-refractivity contribution in [1.82, 2.24) is 15.3 Å². The molecule has 29 heavy (non-hydrogen) atoms. The number of nitrogens with two attached hydrogens (primary N) is 1. The van der Waals surface area contributed by atoms with Crippen LogP contribution in [0.2, 0.25) is 5.15 Å². The molecule has 2 rings (SSSR count). The molecule has 0 atom stereocenters. The first-order valence-corrected chi connectivity index (χ1v) is 9.19. The van der Waals surface area contributed by atoms with Crippen LogP contribution in [-0.2, 0) is 11.2 Å². The van der Waals surface area contributed by atoms with E-state index >= 15 is 0 Å². The number of anilines is 2. The van der Waals surface area contributed by atoms with Gasteiger partial charge in [-0.3, -0.25) is 4.79 Å². The highest BCUT2D eigenvalue weighted by atomic mass is 35.5. The van der Waals surface area contributed by atoms with E-state index in [9.17, 15) is 14.0 Å². The SMILES string of the molecule is Cc1nc(C(N)=O)c(Nc2cc(F)cc(CCNC(=O)OC(C)(C)C)c2)nc1Cl. The van der Waals surface area contributed by atoms with Crippen LogP contribution in [0.3, 0.4) is 0 Å². The molecule has 4 N–H and O–H groups in total. The maximum absolute atomic E-state index is 14.0. The zero-order valence-corrected chi connectivity index (χ0v) is 17.4. The number of amides is 2. The number of aryl methyl sites for hydroxylation is 1. The summed E-state index contributed by atoms with van der Waals surface area (Å²) in [6, 6.07) is 4.22. The molecule has 0 radical (unpaired) electrons. The van der Waals surface area contributed by atoms with Crippen LogP contribution < -0.4 is 16.4 Å². The second-order valence-electron chi connectivity index (χ2n) is 7.31. The molecule has 0 unspecified atom stereocenters. The van der Waals surface area contributed by atoms with Crippen molar-refractivity contribution in [3.63, 3.8) is 0 Å². The van der Waals surface area contributed by atoms with Gasteiger partial charge in [-0.2, -0.15) is 0 Å². The van der Waals surface area contributed by atoms with Crippen LogP contribution >= 0.6 is 11.6 Å². The Bertz CT molecular complexity index is 931. The minimum Gasteiger partial charge on any atom is -0.444 e. The van der Waals surface area contributed by atoms with Crippen LogP contribution in [-0.4, -0.2) is 34.1 Å². The molecule has 1 aromatic heterocycles. The molecule has 10 heteroatoms. The molecule has 2 aromatic rings. The predicted molar refractivity (Wildman–Crippen MR) is 108 cm³/mol. The molecule has 1 heterocycles. The van der Waals surface area contributed by atoms with Gasteiger partial charge >= 0.3 is 6.09 Å². The Morgan fingerprint density at radius 1 is 1.24 bits per heavy atom. The number of hydrogen-bond donors (Lipinski definition) is 3. The van der Waals surface area contributed by atoms with Crippen LogP contribution in [0.4, 0.5) is 20.7 Å². The first kappa shape index (κ1) is 22.4. The average molecular weight is 424 g/mol. The summed E-state index contributed by atoms with van der Waals surface area (Å²) in [6.07, 6.45) is -0.197. The van der Waals surface area contributed by atoms with E-state index in [0.29, 0.717) is 23.4 Å². The van der Waals surface area contributed by atoms with Crippen LogP contribution in [0.1, 0.15) is 42.5 Å². The first-order valence-electron chi connectivity index (χ1n) is 8.82. The highest BCUT2D eigenvalue weighted by Crippen LogP contribution is 2.23. The van der Waals surface area contributed by atoms with Crippen molar-refractivity contribution in [3.8, 4) is 0 Å². The molecule has 0 saturated heterocycles. The number of nitrogens with one attached hydrogen (secondary N) is 2. The van der Waals surface area contributed by atoms with E-state index in [1.54, 1.807) is 33.8 Å². The van der Waals surface area contributed by atoms with Crippen LogP contribution in [0.5, 0.6) is 0 Å². The first-order chi connectivity index (χ1) is 13.4. The van der Waals surface area contributed by atoms with E-state index in [1.807, 2.05) is 0 Å². The van der Waals surface area contributed by atoms with Crippen molar-refractivity contribution in [2.75, 3.05) is 11.9 Å². The Morgan fingerprint density at radius 3 is 2.55 bits per heavy atom. The van der Waals surface area contributed by atoms with Crippen LogP contribution in [0.25, 0.3) is 0 Å². The maximum atomic E-state index is 14.0. The number of benzene rings is 1. The zero-order valence-electron chi connectivity index (χ0n) is 16.6. The molecule has 1 aromatic carbocycles. The summed E-state index contributed by atoms with van der Waals surface area (Å²) in [5.41, 5.74) is 5.91. The lowest BCUT2D eigenvalue weighted by Crippen LogP contribution is -2.33. The molecule has 0 fully saturated rings. The Kier molecular flexibility index (Phi) is 6.97. The summed E-state index contributed by atoms with van der Waals surface area (Å²) in [7, 11) is 0. The highest BCUT2D eigenvalue weighted by molar-refractivity contribution is 6.30. The van der Waals surface area contributed by atoms with E-state index in [4.69, 9.17) is 22.1 Å². The third kappa shape index (κ3) is 6.86.